The van der Waals surface area contributed by atoms with Crippen molar-refractivity contribution < 1.29 is 13.6 Å². The number of hydrogen-bond acceptors (Lipinski definition) is 6. The van der Waals surface area contributed by atoms with Crippen molar-refractivity contribution in [1.82, 2.24) is 19.9 Å². The van der Waals surface area contributed by atoms with E-state index in [1.807, 2.05) is 6.07 Å². The second-order valence-electron chi connectivity index (χ2n) is 7.95. The highest BCUT2D eigenvalue weighted by molar-refractivity contribution is 7.20. The summed E-state index contributed by atoms with van der Waals surface area (Å²) in [4.78, 5) is 39.8. The average Bonchev–Trinajstić information content (AvgIpc) is 3.38. The third kappa shape index (κ3) is 3.73. The van der Waals surface area contributed by atoms with E-state index in [1.54, 1.807) is 24.1 Å². The number of H-pyrrole nitrogens is 1. The molecule has 1 unspecified atom stereocenters. The van der Waals surface area contributed by atoms with Gasteiger partial charge >= 0.3 is 0 Å². The fraction of sp³-hybridized carbons (Fsp3) is 0.304. The minimum Gasteiger partial charge on any atom is -0.443 e. The maximum absolute atomic E-state index is 13.5. The van der Waals surface area contributed by atoms with Crippen molar-refractivity contribution in [3.05, 3.63) is 80.6 Å². The molecule has 1 atom stereocenters. The Kier molecular flexibility index (Phi) is 5.34. The largest absolute Gasteiger partial charge is 0.443 e. The Hall–Kier alpha value is -3.33. The predicted molar refractivity (Wildman–Crippen MR) is 118 cm³/mol. The number of aromatic amines is 1. The van der Waals surface area contributed by atoms with Gasteiger partial charge in [-0.2, -0.15) is 0 Å². The average molecular weight is 453 g/mol. The molecule has 1 amide bonds. The van der Waals surface area contributed by atoms with E-state index in [4.69, 9.17) is 4.42 Å². The third-order valence-corrected chi connectivity index (χ3v) is 7.00. The molecular weight excluding hydrogens is 431 g/mol. The molecule has 3 aromatic heterocycles. The number of nitrogens with zero attached hydrogens (tertiary/aromatic N) is 3. The fourth-order valence-electron chi connectivity index (χ4n) is 4.25. The fourth-order valence-corrected chi connectivity index (χ4v) is 5.36. The lowest BCUT2D eigenvalue weighted by atomic mass is 10.0. The molecule has 4 aromatic rings. The maximum Gasteiger partial charge on any atom is 0.264 e. The molecule has 9 heteroatoms. The predicted octanol–water partition coefficient (Wildman–Crippen LogP) is 4.38. The number of benzene rings is 1. The lowest BCUT2D eigenvalue weighted by Gasteiger charge is -2.33. The van der Waals surface area contributed by atoms with E-state index < -0.39 is 0 Å². The second kappa shape index (κ2) is 8.31. The van der Waals surface area contributed by atoms with Crippen LogP contribution in [0.2, 0.25) is 0 Å². The number of thiophene rings is 1. The number of hydrogen-bond donors (Lipinski definition) is 1. The Balaban J connectivity index is 1.43. The lowest BCUT2D eigenvalue weighted by molar-refractivity contribution is 0.0574. The number of amides is 1. The molecule has 0 radical (unpaired) electrons. The number of piperidine rings is 1. The van der Waals surface area contributed by atoms with E-state index in [-0.39, 0.29) is 23.3 Å². The van der Waals surface area contributed by atoms with Crippen molar-refractivity contribution in [2.24, 2.45) is 0 Å². The summed E-state index contributed by atoms with van der Waals surface area (Å²) in [6.45, 7) is 2.37. The van der Waals surface area contributed by atoms with Gasteiger partial charge in [-0.3, -0.25) is 9.59 Å². The second-order valence-corrected chi connectivity index (χ2v) is 8.95. The van der Waals surface area contributed by atoms with E-state index >= 15 is 0 Å². The molecule has 1 aliphatic rings. The first-order valence-electron chi connectivity index (χ1n) is 10.5. The molecule has 0 bridgehead atoms. The van der Waals surface area contributed by atoms with Crippen molar-refractivity contribution in [3.63, 3.8) is 0 Å². The van der Waals surface area contributed by atoms with Crippen LogP contribution in [-0.2, 0) is 6.42 Å². The van der Waals surface area contributed by atoms with Crippen molar-refractivity contribution in [1.29, 1.82) is 0 Å². The van der Waals surface area contributed by atoms with Gasteiger partial charge in [-0.1, -0.05) is 12.1 Å². The van der Waals surface area contributed by atoms with Gasteiger partial charge in [0.2, 0.25) is 5.89 Å². The number of likely N-dealkylation sites (tertiary alicyclic amines) is 1. The van der Waals surface area contributed by atoms with Gasteiger partial charge in [-0.15, -0.1) is 11.3 Å². The molecule has 0 spiro atoms. The number of oxazole rings is 1. The zero-order valence-corrected chi connectivity index (χ0v) is 18.2. The van der Waals surface area contributed by atoms with Gasteiger partial charge in [0, 0.05) is 13.0 Å². The molecule has 1 aromatic carbocycles. The molecule has 0 aliphatic carbocycles. The van der Waals surface area contributed by atoms with Crippen LogP contribution in [0.4, 0.5) is 4.39 Å². The summed E-state index contributed by atoms with van der Waals surface area (Å²) in [5.41, 5.74) is 1.20. The molecule has 164 valence electrons. The minimum absolute atomic E-state index is 0.139. The molecule has 5 rings (SSSR count). The number of aromatic nitrogens is 3. The number of nitrogens with one attached hydrogen (secondary N) is 1. The highest BCUT2D eigenvalue weighted by atomic mass is 32.1. The Bertz CT molecular complexity index is 1360. The van der Waals surface area contributed by atoms with Crippen LogP contribution in [-0.4, -0.2) is 32.3 Å². The summed E-state index contributed by atoms with van der Waals surface area (Å²) in [7, 11) is 0. The van der Waals surface area contributed by atoms with Crippen molar-refractivity contribution in [2.75, 3.05) is 6.54 Å². The normalized spacial score (nSPS) is 16.6. The van der Waals surface area contributed by atoms with Crippen LogP contribution in [0.25, 0.3) is 10.2 Å². The summed E-state index contributed by atoms with van der Waals surface area (Å²) < 4.78 is 19.5. The van der Waals surface area contributed by atoms with Gasteiger partial charge < -0.3 is 14.3 Å². The SMILES string of the molecule is Cc1c(C(=O)N2CCCCC2c2ncc(Cc3cccc(F)c3)o2)sc2nc[nH]c(=O)c12. The molecule has 0 saturated carbocycles. The summed E-state index contributed by atoms with van der Waals surface area (Å²) in [5.74, 6) is 0.675. The van der Waals surface area contributed by atoms with Crippen molar-refractivity contribution >= 4 is 27.5 Å². The quantitative estimate of drug-likeness (QED) is 0.496. The van der Waals surface area contributed by atoms with Crippen LogP contribution in [0, 0.1) is 12.7 Å². The molecule has 4 heterocycles. The van der Waals surface area contributed by atoms with Crippen LogP contribution in [0.3, 0.4) is 0 Å². The molecule has 7 nitrogen and oxygen atoms in total. The highest BCUT2D eigenvalue weighted by Gasteiger charge is 2.34. The Morgan fingerprint density at radius 1 is 1.34 bits per heavy atom. The van der Waals surface area contributed by atoms with Crippen LogP contribution >= 0.6 is 11.3 Å². The van der Waals surface area contributed by atoms with E-state index in [2.05, 4.69) is 15.0 Å². The molecule has 1 saturated heterocycles. The van der Waals surface area contributed by atoms with Crippen LogP contribution < -0.4 is 5.56 Å². The first kappa shape index (κ1) is 20.6. The Labute approximate surface area is 186 Å². The topological polar surface area (TPSA) is 92.1 Å². The first-order valence-corrected chi connectivity index (χ1v) is 11.3. The molecule has 1 fully saturated rings. The van der Waals surface area contributed by atoms with Crippen LogP contribution in [0.1, 0.15) is 57.8 Å². The van der Waals surface area contributed by atoms with Gasteiger partial charge in [-0.25, -0.2) is 14.4 Å². The standard InChI is InChI=1S/C23H21FN4O3S/c1-13-18-20(29)26-12-27-22(18)32-19(13)23(30)28-8-3-2-7-17(28)21-25-11-16(31-21)10-14-5-4-6-15(24)9-14/h4-6,9,11-12,17H,2-3,7-8,10H2,1H3,(H,26,27,29). The Morgan fingerprint density at radius 2 is 2.22 bits per heavy atom. The Morgan fingerprint density at radius 3 is 3.03 bits per heavy atom. The summed E-state index contributed by atoms with van der Waals surface area (Å²) in [5, 5.41) is 0.461. The van der Waals surface area contributed by atoms with Gasteiger partial charge in [0.05, 0.1) is 22.8 Å². The number of aryl methyl sites for hydroxylation is 1. The van der Waals surface area contributed by atoms with E-state index in [0.29, 0.717) is 45.3 Å². The number of halogens is 1. The lowest BCUT2D eigenvalue weighted by Crippen LogP contribution is -2.38. The summed E-state index contributed by atoms with van der Waals surface area (Å²) >= 11 is 1.24. The maximum atomic E-state index is 13.5. The summed E-state index contributed by atoms with van der Waals surface area (Å²) in [6, 6.07) is 6.09. The smallest absolute Gasteiger partial charge is 0.264 e. The first-order chi connectivity index (χ1) is 15.5. The van der Waals surface area contributed by atoms with Crippen LogP contribution in [0.15, 0.2) is 46.0 Å². The van der Waals surface area contributed by atoms with Gasteiger partial charge in [0.25, 0.3) is 11.5 Å². The number of fused-ring (bicyclic) bond motifs is 1. The van der Waals surface area contributed by atoms with Gasteiger partial charge in [0.1, 0.15) is 22.4 Å². The molecule has 32 heavy (non-hydrogen) atoms. The van der Waals surface area contributed by atoms with Gasteiger partial charge in [-0.05, 0) is 49.4 Å². The monoisotopic (exact) mass is 452 g/mol. The van der Waals surface area contributed by atoms with E-state index in [9.17, 15) is 14.0 Å². The molecular formula is C23H21FN4O3S. The van der Waals surface area contributed by atoms with Crippen molar-refractivity contribution in [3.8, 4) is 0 Å². The summed E-state index contributed by atoms with van der Waals surface area (Å²) in [6.07, 6.45) is 6.02. The molecule has 1 N–H and O–H groups in total. The third-order valence-electron chi connectivity index (χ3n) is 5.81. The van der Waals surface area contributed by atoms with E-state index in [1.165, 1.54) is 29.8 Å². The highest BCUT2D eigenvalue weighted by Crippen LogP contribution is 2.35. The number of carbonyl (C=O) groups is 1. The number of carbonyl (C=O) groups excluding carboxylic acids is 1. The minimum atomic E-state index is -0.293. The van der Waals surface area contributed by atoms with Gasteiger partial charge in [0.15, 0.2) is 0 Å². The van der Waals surface area contributed by atoms with Crippen molar-refractivity contribution in [2.45, 2.75) is 38.6 Å². The van der Waals surface area contributed by atoms with Crippen LogP contribution in [0.5, 0.6) is 0 Å². The van der Waals surface area contributed by atoms with E-state index in [0.717, 1.165) is 24.8 Å². The number of rotatable bonds is 4. The zero-order valence-electron chi connectivity index (χ0n) is 17.4. The zero-order chi connectivity index (χ0) is 22.2. The molecule has 1 aliphatic heterocycles.